The molecule has 0 saturated carbocycles. The lowest BCUT2D eigenvalue weighted by molar-refractivity contribution is 0.120. The Bertz CT molecular complexity index is 571. The van der Waals surface area contributed by atoms with E-state index in [4.69, 9.17) is 11.6 Å². The van der Waals surface area contributed by atoms with Crippen molar-refractivity contribution in [1.82, 2.24) is 14.8 Å². The predicted octanol–water partition coefficient (Wildman–Crippen LogP) is 3.19. The van der Waals surface area contributed by atoms with Crippen LogP contribution in [0.25, 0.3) is 0 Å². The van der Waals surface area contributed by atoms with Gasteiger partial charge in [0.25, 0.3) is 0 Å². The van der Waals surface area contributed by atoms with Crippen LogP contribution in [0.3, 0.4) is 0 Å². The summed E-state index contributed by atoms with van der Waals surface area (Å²) in [7, 11) is 0. The fourth-order valence-corrected chi connectivity index (χ4v) is 2.92. The zero-order valence-electron chi connectivity index (χ0n) is 12.4. The molecule has 0 unspecified atom stereocenters. The minimum Gasteiger partial charge on any atom is -0.296 e. The largest absolute Gasteiger partial charge is 0.296 e. The van der Waals surface area contributed by atoms with Gasteiger partial charge < -0.3 is 0 Å². The number of pyridine rings is 1. The number of hydrogen-bond acceptors (Lipinski definition) is 3. The van der Waals surface area contributed by atoms with Crippen LogP contribution in [0.2, 0.25) is 5.02 Å². The Balaban J connectivity index is 1.52. The summed E-state index contributed by atoms with van der Waals surface area (Å²) in [6.07, 6.45) is 1.64. The van der Waals surface area contributed by atoms with Crippen LogP contribution in [0.5, 0.6) is 0 Å². The summed E-state index contributed by atoms with van der Waals surface area (Å²) in [6.45, 7) is 5.19. The molecule has 0 radical (unpaired) electrons. The number of nitrogens with zero attached hydrogens (tertiary/aromatic N) is 3. The summed E-state index contributed by atoms with van der Waals surface area (Å²) in [6, 6.07) is 11.1. The predicted molar refractivity (Wildman–Crippen MR) is 86.2 cm³/mol. The molecule has 0 amide bonds. The molecule has 1 aromatic carbocycles. The van der Waals surface area contributed by atoms with Gasteiger partial charge in [-0.2, -0.15) is 0 Å². The molecule has 0 atom stereocenters. The molecule has 1 fully saturated rings. The highest BCUT2D eigenvalue weighted by atomic mass is 35.5. The first kappa shape index (κ1) is 15.4. The van der Waals surface area contributed by atoms with Crippen molar-refractivity contribution in [3.63, 3.8) is 0 Å². The van der Waals surface area contributed by atoms with Gasteiger partial charge in [0, 0.05) is 50.5 Å². The smallest absolute Gasteiger partial charge is 0.146 e. The molecule has 2 heterocycles. The van der Waals surface area contributed by atoms with E-state index in [1.165, 1.54) is 6.07 Å². The summed E-state index contributed by atoms with van der Waals surface area (Å²) < 4.78 is 13.6. The molecule has 3 rings (SSSR count). The summed E-state index contributed by atoms with van der Waals surface area (Å²) in [5, 5.41) is 0.820. The average molecular weight is 320 g/mol. The Morgan fingerprint density at radius 2 is 1.64 bits per heavy atom. The molecule has 0 bridgehead atoms. The van der Waals surface area contributed by atoms with E-state index in [1.807, 2.05) is 18.2 Å². The van der Waals surface area contributed by atoms with Gasteiger partial charge in [0.2, 0.25) is 0 Å². The monoisotopic (exact) mass is 319 g/mol. The highest BCUT2D eigenvalue weighted by Gasteiger charge is 2.19. The fraction of sp³-hybridized carbons (Fsp3) is 0.353. The third-order valence-corrected chi connectivity index (χ3v) is 4.39. The van der Waals surface area contributed by atoms with Crippen molar-refractivity contribution in [2.75, 3.05) is 26.2 Å². The van der Waals surface area contributed by atoms with Crippen molar-refractivity contribution in [2.45, 2.75) is 13.1 Å². The molecule has 1 aliphatic rings. The second-order valence-corrected chi connectivity index (χ2v) is 5.98. The molecule has 2 aromatic rings. The molecular formula is C17H19ClFN3. The maximum atomic E-state index is 13.6. The van der Waals surface area contributed by atoms with Gasteiger partial charge in [-0.1, -0.05) is 29.8 Å². The zero-order chi connectivity index (χ0) is 15.4. The minimum absolute atomic E-state index is 0.221. The van der Waals surface area contributed by atoms with Gasteiger partial charge in [0.1, 0.15) is 5.82 Å². The van der Waals surface area contributed by atoms with Crippen LogP contribution in [0.15, 0.2) is 42.6 Å². The van der Waals surface area contributed by atoms with Crippen LogP contribution in [-0.4, -0.2) is 41.0 Å². The van der Waals surface area contributed by atoms with Crippen molar-refractivity contribution in [3.05, 3.63) is 64.7 Å². The van der Waals surface area contributed by atoms with E-state index in [-0.39, 0.29) is 5.82 Å². The van der Waals surface area contributed by atoms with Gasteiger partial charge in [0.15, 0.2) is 0 Å². The van der Waals surface area contributed by atoms with Crippen molar-refractivity contribution in [2.24, 2.45) is 0 Å². The first-order valence-electron chi connectivity index (χ1n) is 7.50. The molecule has 0 spiro atoms. The Morgan fingerprint density at radius 3 is 2.32 bits per heavy atom. The van der Waals surface area contributed by atoms with Crippen LogP contribution >= 0.6 is 11.6 Å². The topological polar surface area (TPSA) is 19.4 Å². The Kier molecular flexibility index (Phi) is 5.03. The summed E-state index contributed by atoms with van der Waals surface area (Å²) in [4.78, 5) is 8.75. The fourth-order valence-electron chi connectivity index (χ4n) is 2.72. The maximum absolute atomic E-state index is 13.6. The summed E-state index contributed by atoms with van der Waals surface area (Å²) in [5.41, 5.74) is 1.69. The van der Waals surface area contributed by atoms with Gasteiger partial charge in [-0.25, -0.2) is 4.39 Å². The third-order valence-electron chi connectivity index (χ3n) is 4.02. The van der Waals surface area contributed by atoms with E-state index in [9.17, 15) is 4.39 Å². The molecule has 116 valence electrons. The SMILES string of the molecule is Fc1cccnc1CN1CCN(Cc2ccccc2Cl)CC1. The van der Waals surface area contributed by atoms with Crippen LogP contribution < -0.4 is 0 Å². The number of benzene rings is 1. The molecule has 5 heteroatoms. The lowest BCUT2D eigenvalue weighted by Gasteiger charge is -2.34. The third kappa shape index (κ3) is 3.83. The number of piperazine rings is 1. The van der Waals surface area contributed by atoms with Crippen LogP contribution in [-0.2, 0) is 13.1 Å². The molecular weight excluding hydrogens is 301 g/mol. The van der Waals surface area contributed by atoms with E-state index in [0.717, 1.165) is 43.3 Å². The number of halogens is 2. The molecule has 3 nitrogen and oxygen atoms in total. The average Bonchev–Trinajstić information content (AvgIpc) is 2.54. The number of aromatic nitrogens is 1. The van der Waals surface area contributed by atoms with Crippen molar-refractivity contribution in [1.29, 1.82) is 0 Å². The Morgan fingerprint density at radius 1 is 0.955 bits per heavy atom. The minimum atomic E-state index is -0.221. The number of rotatable bonds is 4. The summed E-state index contributed by atoms with van der Waals surface area (Å²) >= 11 is 6.21. The zero-order valence-corrected chi connectivity index (χ0v) is 13.1. The second kappa shape index (κ2) is 7.18. The van der Waals surface area contributed by atoms with Crippen molar-refractivity contribution in [3.8, 4) is 0 Å². The van der Waals surface area contributed by atoms with Gasteiger partial charge in [-0.05, 0) is 23.8 Å². The van der Waals surface area contributed by atoms with E-state index < -0.39 is 0 Å². The molecule has 0 aliphatic carbocycles. The van der Waals surface area contributed by atoms with Crippen LogP contribution in [0.1, 0.15) is 11.3 Å². The molecule has 0 N–H and O–H groups in total. The van der Waals surface area contributed by atoms with Gasteiger partial charge in [0.05, 0.1) is 5.69 Å². The first-order chi connectivity index (χ1) is 10.7. The Hall–Kier alpha value is -1.49. The highest BCUT2D eigenvalue weighted by molar-refractivity contribution is 6.31. The summed E-state index contributed by atoms with van der Waals surface area (Å²) in [5.74, 6) is -0.221. The van der Waals surface area contributed by atoms with Crippen LogP contribution in [0.4, 0.5) is 4.39 Å². The van der Waals surface area contributed by atoms with Crippen molar-refractivity contribution < 1.29 is 4.39 Å². The maximum Gasteiger partial charge on any atom is 0.146 e. The molecule has 22 heavy (non-hydrogen) atoms. The second-order valence-electron chi connectivity index (χ2n) is 5.58. The van der Waals surface area contributed by atoms with Crippen LogP contribution in [0, 0.1) is 5.82 Å². The molecule has 1 aromatic heterocycles. The van der Waals surface area contributed by atoms with Gasteiger partial charge >= 0.3 is 0 Å². The van der Waals surface area contributed by atoms with E-state index in [2.05, 4.69) is 20.9 Å². The normalized spacial score (nSPS) is 16.8. The Labute approximate surface area is 135 Å². The molecule has 1 aliphatic heterocycles. The van der Waals surface area contributed by atoms with E-state index in [1.54, 1.807) is 12.3 Å². The standard InChI is InChI=1S/C17H19ClFN3/c18-15-5-2-1-4-14(15)12-21-8-10-22(11-9-21)13-17-16(19)6-3-7-20-17/h1-7H,8-13H2. The lowest BCUT2D eigenvalue weighted by atomic mass is 10.2. The quantitative estimate of drug-likeness (QED) is 0.863. The highest BCUT2D eigenvalue weighted by Crippen LogP contribution is 2.18. The first-order valence-corrected chi connectivity index (χ1v) is 7.87. The lowest BCUT2D eigenvalue weighted by Crippen LogP contribution is -2.45. The van der Waals surface area contributed by atoms with E-state index >= 15 is 0 Å². The molecule has 1 saturated heterocycles. The van der Waals surface area contributed by atoms with Gasteiger partial charge in [-0.15, -0.1) is 0 Å². The van der Waals surface area contributed by atoms with Gasteiger partial charge in [-0.3, -0.25) is 14.8 Å². The number of hydrogen-bond donors (Lipinski definition) is 0. The van der Waals surface area contributed by atoms with E-state index in [0.29, 0.717) is 12.2 Å². The van der Waals surface area contributed by atoms with Crippen molar-refractivity contribution >= 4 is 11.6 Å².